The van der Waals surface area contributed by atoms with Crippen LogP contribution in [0, 0.1) is 0 Å². The average Bonchev–Trinajstić information content (AvgIpc) is 3.07. The lowest BCUT2D eigenvalue weighted by Gasteiger charge is -2.35. The van der Waals surface area contributed by atoms with Crippen LogP contribution in [0.2, 0.25) is 0 Å². The van der Waals surface area contributed by atoms with E-state index in [9.17, 15) is 9.59 Å². The molecule has 6 nitrogen and oxygen atoms in total. The van der Waals surface area contributed by atoms with Crippen LogP contribution < -0.4 is 10.5 Å². The van der Waals surface area contributed by atoms with Crippen molar-refractivity contribution in [2.24, 2.45) is 7.05 Å². The maximum absolute atomic E-state index is 13.0. The fourth-order valence-corrected chi connectivity index (χ4v) is 5.47. The number of carbonyl (C=O) groups is 1. The van der Waals surface area contributed by atoms with E-state index >= 15 is 0 Å². The van der Waals surface area contributed by atoms with Crippen molar-refractivity contribution < 1.29 is 4.79 Å². The predicted molar refractivity (Wildman–Crippen MR) is 110 cm³/mol. The molecule has 0 unspecified atom stereocenters. The third-order valence-corrected chi connectivity index (χ3v) is 7.07. The summed E-state index contributed by atoms with van der Waals surface area (Å²) in [4.78, 5) is 36.3. The Bertz CT molecular complexity index is 915. The minimum Gasteiger partial charge on any atom is -0.339 e. The Morgan fingerprint density at radius 3 is 2.67 bits per heavy atom. The van der Waals surface area contributed by atoms with Crippen molar-refractivity contribution in [3.8, 4) is 0 Å². The number of fused-ring (bicyclic) bond motifs is 3. The van der Waals surface area contributed by atoms with E-state index in [1.165, 1.54) is 16.9 Å². The third kappa shape index (κ3) is 3.47. The van der Waals surface area contributed by atoms with Gasteiger partial charge in [0.2, 0.25) is 11.9 Å². The van der Waals surface area contributed by atoms with Gasteiger partial charge in [-0.3, -0.25) is 14.2 Å². The highest BCUT2D eigenvalue weighted by molar-refractivity contribution is 7.18. The van der Waals surface area contributed by atoms with Crippen LogP contribution in [0.15, 0.2) is 4.79 Å². The maximum atomic E-state index is 13.0. The Kier molecular flexibility index (Phi) is 5.41. The van der Waals surface area contributed by atoms with E-state index in [-0.39, 0.29) is 11.5 Å². The number of aromatic nitrogens is 2. The van der Waals surface area contributed by atoms with E-state index in [0.717, 1.165) is 41.8 Å². The molecule has 2 aromatic rings. The molecule has 1 saturated heterocycles. The third-order valence-electron chi connectivity index (χ3n) is 5.61. The topological polar surface area (TPSA) is 58.4 Å². The lowest BCUT2D eigenvalue weighted by molar-refractivity contribution is -0.131. The van der Waals surface area contributed by atoms with Gasteiger partial charge in [-0.15, -0.1) is 22.9 Å². The van der Waals surface area contributed by atoms with Crippen molar-refractivity contribution >= 4 is 45.0 Å². The van der Waals surface area contributed by atoms with Crippen LogP contribution in [0.25, 0.3) is 10.2 Å². The highest BCUT2D eigenvalue weighted by Gasteiger charge is 2.26. The first kappa shape index (κ1) is 18.7. The van der Waals surface area contributed by atoms with Crippen LogP contribution in [-0.2, 0) is 24.7 Å². The summed E-state index contributed by atoms with van der Waals surface area (Å²) < 4.78 is 1.69. The smallest absolute Gasteiger partial charge is 0.263 e. The molecule has 8 heteroatoms. The van der Waals surface area contributed by atoms with Gasteiger partial charge in [0.1, 0.15) is 4.83 Å². The standard InChI is InChI=1S/C19H25ClN4O2S/c1-22-18(26)16-13-5-2-3-6-14(13)27-17(16)21-19(22)24-11-9-23(10-12-24)15(25)7-4-8-20/h2-12H2,1H3. The van der Waals surface area contributed by atoms with Crippen LogP contribution in [0.3, 0.4) is 0 Å². The lowest BCUT2D eigenvalue weighted by atomic mass is 9.97. The van der Waals surface area contributed by atoms with Gasteiger partial charge in [-0.1, -0.05) is 0 Å². The molecule has 2 aromatic heterocycles. The van der Waals surface area contributed by atoms with E-state index in [1.54, 1.807) is 15.9 Å². The maximum Gasteiger partial charge on any atom is 0.263 e. The van der Waals surface area contributed by atoms with Crippen LogP contribution in [0.1, 0.15) is 36.1 Å². The zero-order valence-corrected chi connectivity index (χ0v) is 17.2. The highest BCUT2D eigenvalue weighted by Crippen LogP contribution is 2.34. The van der Waals surface area contributed by atoms with Gasteiger partial charge in [0, 0.05) is 50.4 Å². The molecule has 0 N–H and O–H groups in total. The summed E-state index contributed by atoms with van der Waals surface area (Å²) in [6, 6.07) is 0. The van der Waals surface area contributed by atoms with Crippen molar-refractivity contribution in [3.63, 3.8) is 0 Å². The Balaban J connectivity index is 1.57. The number of thiophene rings is 1. The molecule has 1 aliphatic carbocycles. The molecule has 146 valence electrons. The van der Waals surface area contributed by atoms with Gasteiger partial charge < -0.3 is 9.80 Å². The summed E-state index contributed by atoms with van der Waals surface area (Å²) in [6.07, 6.45) is 5.64. The summed E-state index contributed by atoms with van der Waals surface area (Å²) in [6.45, 7) is 2.72. The first-order valence-electron chi connectivity index (χ1n) is 9.70. The predicted octanol–water partition coefficient (Wildman–Crippen LogP) is 2.54. The number of carbonyl (C=O) groups excluding carboxylic acids is 1. The zero-order valence-electron chi connectivity index (χ0n) is 15.7. The Hall–Kier alpha value is -1.60. The molecule has 0 atom stereocenters. The second-order valence-electron chi connectivity index (χ2n) is 7.33. The van der Waals surface area contributed by atoms with Crippen LogP contribution >= 0.6 is 22.9 Å². The average molecular weight is 409 g/mol. The summed E-state index contributed by atoms with van der Waals surface area (Å²) >= 11 is 7.37. The first-order chi connectivity index (χ1) is 13.1. The van der Waals surface area contributed by atoms with Gasteiger partial charge in [0.05, 0.1) is 5.39 Å². The second kappa shape index (κ2) is 7.80. The SMILES string of the molecule is Cn1c(N2CCN(C(=O)CCCCl)CC2)nc2sc3c(c2c1=O)CCCC3. The normalized spacial score (nSPS) is 17.4. The van der Waals surface area contributed by atoms with Gasteiger partial charge in [-0.2, -0.15) is 0 Å². The molecule has 2 aliphatic rings. The summed E-state index contributed by atoms with van der Waals surface area (Å²) in [5.41, 5.74) is 1.30. The van der Waals surface area contributed by atoms with Crippen molar-refractivity contribution in [1.29, 1.82) is 0 Å². The number of nitrogens with zero attached hydrogens (tertiary/aromatic N) is 4. The van der Waals surface area contributed by atoms with Crippen molar-refractivity contribution in [1.82, 2.24) is 14.5 Å². The van der Waals surface area contributed by atoms with Crippen molar-refractivity contribution in [2.75, 3.05) is 37.0 Å². The minimum absolute atomic E-state index is 0.0648. The van der Waals surface area contributed by atoms with Gasteiger partial charge >= 0.3 is 0 Å². The molecule has 1 aliphatic heterocycles. The van der Waals surface area contributed by atoms with Crippen LogP contribution in [-0.4, -0.2) is 52.4 Å². The Morgan fingerprint density at radius 2 is 1.93 bits per heavy atom. The summed E-state index contributed by atoms with van der Waals surface area (Å²) in [5, 5.41) is 0.829. The number of hydrogen-bond donors (Lipinski definition) is 0. The number of aryl methyl sites for hydroxylation is 2. The fraction of sp³-hybridized carbons (Fsp3) is 0.632. The molecule has 1 amide bonds. The minimum atomic E-state index is 0.0648. The zero-order chi connectivity index (χ0) is 19.0. The van der Waals surface area contributed by atoms with E-state index in [0.29, 0.717) is 38.5 Å². The van der Waals surface area contributed by atoms with Crippen molar-refractivity contribution in [2.45, 2.75) is 38.5 Å². The number of halogens is 1. The van der Waals surface area contributed by atoms with Gasteiger partial charge in [0.25, 0.3) is 5.56 Å². The van der Waals surface area contributed by atoms with Gasteiger partial charge in [0.15, 0.2) is 0 Å². The highest BCUT2D eigenvalue weighted by atomic mass is 35.5. The Labute approximate surface area is 167 Å². The van der Waals surface area contributed by atoms with E-state index in [2.05, 4.69) is 4.90 Å². The number of alkyl halides is 1. The number of rotatable bonds is 4. The molecular formula is C19H25ClN4O2S. The fourth-order valence-electron chi connectivity index (χ4n) is 4.09. The number of piperazine rings is 1. The second-order valence-corrected chi connectivity index (χ2v) is 8.79. The molecule has 0 bridgehead atoms. The largest absolute Gasteiger partial charge is 0.339 e. The van der Waals surface area contributed by atoms with Crippen LogP contribution in [0.4, 0.5) is 5.95 Å². The van der Waals surface area contributed by atoms with Crippen molar-refractivity contribution in [3.05, 3.63) is 20.8 Å². The molecule has 0 aromatic carbocycles. The summed E-state index contributed by atoms with van der Waals surface area (Å²) in [7, 11) is 1.81. The van der Waals surface area contributed by atoms with Gasteiger partial charge in [-0.25, -0.2) is 4.98 Å². The quantitative estimate of drug-likeness (QED) is 0.729. The number of amides is 1. The number of anilines is 1. The first-order valence-corrected chi connectivity index (χ1v) is 11.0. The molecule has 1 fully saturated rings. The lowest BCUT2D eigenvalue weighted by Crippen LogP contribution is -2.50. The van der Waals surface area contributed by atoms with E-state index in [4.69, 9.17) is 16.6 Å². The molecule has 4 rings (SSSR count). The number of hydrogen-bond acceptors (Lipinski definition) is 5. The van der Waals surface area contributed by atoms with Gasteiger partial charge in [-0.05, 0) is 37.7 Å². The molecule has 0 saturated carbocycles. The molecule has 0 radical (unpaired) electrons. The molecular weight excluding hydrogens is 384 g/mol. The van der Waals surface area contributed by atoms with Crippen LogP contribution in [0.5, 0.6) is 0 Å². The van der Waals surface area contributed by atoms with E-state index < -0.39 is 0 Å². The molecule has 0 spiro atoms. The molecule has 27 heavy (non-hydrogen) atoms. The Morgan fingerprint density at radius 1 is 1.19 bits per heavy atom. The molecule has 3 heterocycles. The monoisotopic (exact) mass is 408 g/mol. The van der Waals surface area contributed by atoms with E-state index in [1.807, 2.05) is 11.9 Å². The summed E-state index contributed by atoms with van der Waals surface area (Å²) in [5.74, 6) is 1.40.